The van der Waals surface area contributed by atoms with Crippen molar-refractivity contribution in [2.24, 2.45) is 11.7 Å². The Kier molecular flexibility index (Phi) is 12.5. The number of benzene rings is 1. The van der Waals surface area contributed by atoms with E-state index in [0.717, 1.165) is 5.56 Å². The minimum absolute atomic E-state index is 0.194. The number of carbonyl (C=O) groups is 3. The van der Waals surface area contributed by atoms with Crippen LogP contribution in [0.2, 0.25) is 0 Å². The van der Waals surface area contributed by atoms with Crippen LogP contribution in [0, 0.1) is 5.92 Å². The molecule has 1 aromatic rings. The molecule has 0 saturated heterocycles. The molecule has 0 aliphatic carbocycles. The number of nitrogens with two attached hydrogens (primary N) is 1. The molecule has 1 rings (SSSR count). The van der Waals surface area contributed by atoms with Gasteiger partial charge >= 0.3 is 5.97 Å². The Labute approximate surface area is 154 Å². The second kappa shape index (κ2) is 13.8. The molecule has 0 radical (unpaired) electrons. The van der Waals surface area contributed by atoms with E-state index in [1.54, 1.807) is 0 Å². The summed E-state index contributed by atoms with van der Waals surface area (Å²) in [6.45, 7) is 4.54. The summed E-state index contributed by atoms with van der Waals surface area (Å²) in [5, 5.41) is 13.5. The van der Waals surface area contributed by atoms with Crippen LogP contribution in [0.15, 0.2) is 30.3 Å². The van der Waals surface area contributed by atoms with Crippen LogP contribution >= 0.6 is 0 Å². The maximum Gasteiger partial charge on any atom is 0.326 e. The fourth-order valence-electron chi connectivity index (χ4n) is 1.97. The molecule has 0 spiro atoms. The van der Waals surface area contributed by atoms with Gasteiger partial charge in [0, 0.05) is 13.7 Å². The first-order valence-electron chi connectivity index (χ1n) is 8.30. The van der Waals surface area contributed by atoms with Gasteiger partial charge in [-0.25, -0.2) is 4.79 Å². The normalized spacial score (nSPS) is 12.3. The molecule has 0 fully saturated rings. The molecule has 2 amide bonds. The van der Waals surface area contributed by atoms with Gasteiger partial charge in [-0.05, 0) is 17.9 Å². The second-order valence-corrected chi connectivity index (χ2v) is 6.07. The number of hydrogen-bond donors (Lipinski definition) is 4. The molecule has 0 bridgehead atoms. The van der Waals surface area contributed by atoms with Crippen molar-refractivity contribution < 1.29 is 24.2 Å². The van der Waals surface area contributed by atoms with E-state index in [0.29, 0.717) is 19.4 Å². The van der Waals surface area contributed by atoms with Gasteiger partial charge in [-0.2, -0.15) is 0 Å². The summed E-state index contributed by atoms with van der Waals surface area (Å²) in [6.07, 6.45) is 0.884. The van der Waals surface area contributed by atoms with Crippen LogP contribution in [0.3, 0.4) is 0 Å². The van der Waals surface area contributed by atoms with Crippen LogP contribution in [0.25, 0.3) is 0 Å². The molecule has 0 heterocycles. The summed E-state index contributed by atoms with van der Waals surface area (Å²) < 4.78 is 4.79. The Morgan fingerprint density at radius 1 is 1.27 bits per heavy atom. The third-order valence-corrected chi connectivity index (χ3v) is 3.27. The lowest BCUT2D eigenvalue weighted by atomic mass is 10.0. The van der Waals surface area contributed by atoms with E-state index in [2.05, 4.69) is 10.6 Å². The Bertz CT molecular complexity index is 537. The van der Waals surface area contributed by atoms with E-state index in [1.807, 2.05) is 44.2 Å². The van der Waals surface area contributed by atoms with Crippen molar-refractivity contribution in [1.29, 1.82) is 0 Å². The minimum Gasteiger partial charge on any atom is -0.480 e. The predicted molar refractivity (Wildman–Crippen MR) is 98.2 cm³/mol. The molecule has 0 unspecified atom stereocenters. The van der Waals surface area contributed by atoms with Crippen LogP contribution in [0.5, 0.6) is 0 Å². The monoisotopic (exact) mass is 367 g/mol. The SMILES string of the molecule is CC(C)C[C@H](NC=O)C(=O)O.COC[C@@H](N)C(=O)NCc1ccccc1. The summed E-state index contributed by atoms with van der Waals surface area (Å²) in [4.78, 5) is 31.7. The molecule has 8 nitrogen and oxygen atoms in total. The van der Waals surface area contributed by atoms with E-state index < -0.39 is 18.1 Å². The lowest BCUT2D eigenvalue weighted by Gasteiger charge is -2.12. The zero-order valence-electron chi connectivity index (χ0n) is 15.5. The molecule has 8 heteroatoms. The van der Waals surface area contributed by atoms with Crippen LogP contribution in [0.4, 0.5) is 0 Å². The van der Waals surface area contributed by atoms with Crippen LogP contribution in [0.1, 0.15) is 25.8 Å². The van der Waals surface area contributed by atoms with E-state index in [9.17, 15) is 14.4 Å². The fraction of sp³-hybridized carbons (Fsp3) is 0.500. The largest absolute Gasteiger partial charge is 0.480 e. The van der Waals surface area contributed by atoms with Crippen molar-refractivity contribution in [1.82, 2.24) is 10.6 Å². The summed E-state index contributed by atoms with van der Waals surface area (Å²) >= 11 is 0. The predicted octanol–water partition coefficient (Wildman–Crippen LogP) is 0.508. The van der Waals surface area contributed by atoms with E-state index in [-0.39, 0.29) is 18.4 Å². The van der Waals surface area contributed by atoms with Gasteiger partial charge in [-0.3, -0.25) is 9.59 Å². The lowest BCUT2D eigenvalue weighted by molar-refractivity contribution is -0.141. The molecule has 0 saturated carbocycles. The number of methoxy groups -OCH3 is 1. The van der Waals surface area contributed by atoms with Crippen molar-refractivity contribution in [2.75, 3.05) is 13.7 Å². The summed E-state index contributed by atoms with van der Waals surface area (Å²) in [5.41, 5.74) is 6.61. The number of aliphatic carboxylic acids is 1. The zero-order chi connectivity index (χ0) is 19.9. The van der Waals surface area contributed by atoms with Gasteiger partial charge in [-0.15, -0.1) is 0 Å². The van der Waals surface area contributed by atoms with Crippen LogP contribution < -0.4 is 16.4 Å². The molecule has 146 valence electrons. The molecule has 0 aliphatic heterocycles. The summed E-state index contributed by atoms with van der Waals surface area (Å²) in [7, 11) is 1.52. The van der Waals surface area contributed by atoms with Crippen molar-refractivity contribution in [3.05, 3.63) is 35.9 Å². The number of rotatable bonds is 10. The van der Waals surface area contributed by atoms with E-state index >= 15 is 0 Å². The number of carboxylic acid groups (broad SMARTS) is 1. The standard InChI is InChI=1S/C11H16N2O2.C7H13NO3/c1-15-8-10(12)11(14)13-7-9-5-3-2-4-6-9;1-5(2)3-6(7(10)11)8-4-9/h2-6,10H,7-8,12H2,1H3,(H,13,14);4-6H,3H2,1-2H3,(H,8,9)(H,10,11)/t10-;6-/m10/s1. The van der Waals surface area contributed by atoms with E-state index in [1.165, 1.54) is 7.11 Å². The average Bonchev–Trinajstić information content (AvgIpc) is 2.60. The average molecular weight is 367 g/mol. The Hall–Kier alpha value is -2.45. The van der Waals surface area contributed by atoms with Gasteiger partial charge < -0.3 is 26.2 Å². The smallest absolute Gasteiger partial charge is 0.326 e. The molecular formula is C18H29N3O5. The number of carbonyl (C=O) groups excluding carboxylic acids is 2. The van der Waals surface area contributed by atoms with Crippen LogP contribution in [-0.4, -0.2) is 49.2 Å². The van der Waals surface area contributed by atoms with Crippen molar-refractivity contribution in [3.8, 4) is 0 Å². The zero-order valence-corrected chi connectivity index (χ0v) is 15.5. The maximum atomic E-state index is 11.4. The highest BCUT2D eigenvalue weighted by Gasteiger charge is 2.16. The van der Waals surface area contributed by atoms with Gasteiger partial charge in [0.1, 0.15) is 12.1 Å². The van der Waals surface area contributed by atoms with Gasteiger partial charge in [-0.1, -0.05) is 44.2 Å². The first-order valence-corrected chi connectivity index (χ1v) is 8.30. The molecular weight excluding hydrogens is 338 g/mol. The topological polar surface area (TPSA) is 131 Å². The summed E-state index contributed by atoms with van der Waals surface area (Å²) in [5.74, 6) is -0.907. The Morgan fingerprint density at radius 2 is 1.88 bits per heavy atom. The van der Waals surface area contributed by atoms with Crippen molar-refractivity contribution in [3.63, 3.8) is 0 Å². The number of hydrogen-bond acceptors (Lipinski definition) is 5. The first kappa shape index (κ1) is 23.5. The molecule has 26 heavy (non-hydrogen) atoms. The highest BCUT2D eigenvalue weighted by molar-refractivity contribution is 5.81. The van der Waals surface area contributed by atoms with Gasteiger partial charge in [0.15, 0.2) is 0 Å². The highest BCUT2D eigenvalue weighted by atomic mass is 16.5. The number of nitrogens with one attached hydrogen (secondary N) is 2. The maximum absolute atomic E-state index is 11.4. The molecule has 1 aromatic carbocycles. The van der Waals surface area contributed by atoms with Crippen LogP contribution in [-0.2, 0) is 25.7 Å². The molecule has 5 N–H and O–H groups in total. The molecule has 2 atom stereocenters. The quantitative estimate of drug-likeness (QED) is 0.446. The number of amides is 2. The third kappa shape index (κ3) is 11.2. The fourth-order valence-corrected chi connectivity index (χ4v) is 1.97. The minimum atomic E-state index is -0.981. The molecule has 0 aliphatic rings. The number of carboxylic acids is 1. The lowest BCUT2D eigenvalue weighted by Crippen LogP contribution is -2.43. The summed E-state index contributed by atoms with van der Waals surface area (Å²) in [6, 6.07) is 8.34. The second-order valence-electron chi connectivity index (χ2n) is 6.07. The number of ether oxygens (including phenoxy) is 1. The van der Waals surface area contributed by atoms with Gasteiger partial charge in [0.25, 0.3) is 0 Å². The van der Waals surface area contributed by atoms with Gasteiger partial charge in [0.05, 0.1) is 6.61 Å². The molecule has 0 aromatic heterocycles. The first-order chi connectivity index (χ1) is 12.3. The van der Waals surface area contributed by atoms with E-state index in [4.69, 9.17) is 15.6 Å². The van der Waals surface area contributed by atoms with Crippen molar-refractivity contribution >= 4 is 18.3 Å². The Morgan fingerprint density at radius 3 is 2.35 bits per heavy atom. The highest BCUT2D eigenvalue weighted by Crippen LogP contribution is 2.03. The Balaban J connectivity index is 0.000000508. The van der Waals surface area contributed by atoms with Gasteiger partial charge in [0.2, 0.25) is 12.3 Å². The third-order valence-electron chi connectivity index (χ3n) is 3.27. The van der Waals surface area contributed by atoms with Crippen molar-refractivity contribution in [2.45, 2.75) is 38.9 Å².